The third kappa shape index (κ3) is 5.87. The van der Waals surface area contributed by atoms with Gasteiger partial charge in [0.05, 0.1) is 22.5 Å². The highest BCUT2D eigenvalue weighted by Gasteiger charge is 2.35. The Morgan fingerprint density at radius 3 is 2.53 bits per heavy atom. The average Bonchev–Trinajstić information content (AvgIpc) is 3.15. The molecule has 0 bridgehead atoms. The highest BCUT2D eigenvalue weighted by Crippen LogP contribution is 2.39. The van der Waals surface area contributed by atoms with Crippen LogP contribution >= 0.6 is 11.6 Å². The number of aryl methyl sites for hydroxylation is 2. The van der Waals surface area contributed by atoms with E-state index in [0.29, 0.717) is 11.3 Å². The maximum atomic E-state index is 13.7. The molecule has 1 aliphatic heterocycles. The zero-order valence-electron chi connectivity index (χ0n) is 21.7. The molecule has 2 heterocycles. The summed E-state index contributed by atoms with van der Waals surface area (Å²) in [5.41, 5.74) is 3.80. The van der Waals surface area contributed by atoms with Gasteiger partial charge in [-0.3, -0.25) is 19.4 Å². The first kappa shape index (κ1) is 27.7. The Morgan fingerprint density at radius 2 is 1.95 bits per heavy atom. The molecule has 0 atom stereocenters. The van der Waals surface area contributed by atoms with E-state index in [1.54, 1.807) is 35.3 Å². The molecule has 0 radical (unpaired) electrons. The number of nitrogens with one attached hydrogen (secondary N) is 1. The third-order valence-corrected chi connectivity index (χ3v) is 7.24. The molecule has 0 aliphatic carbocycles. The van der Waals surface area contributed by atoms with Crippen LogP contribution in [0, 0.1) is 13.8 Å². The number of nitrogens with two attached hydrogens (primary N) is 1. The number of hydrogen-bond donors (Lipinski definition) is 2. The molecule has 0 saturated carbocycles. The Bertz CT molecular complexity index is 1390. The number of carbonyl (C=O) groups excluding carboxylic acids is 1. The van der Waals surface area contributed by atoms with Gasteiger partial charge < -0.3 is 5.32 Å². The summed E-state index contributed by atoms with van der Waals surface area (Å²) in [5, 5.41) is 7.94. The number of benzene rings is 2. The third-order valence-electron chi connectivity index (χ3n) is 6.80. The molecule has 3 N–H and O–H groups in total. The van der Waals surface area contributed by atoms with E-state index < -0.39 is 17.6 Å². The largest absolute Gasteiger partial charge is 0.417 e. The van der Waals surface area contributed by atoms with Gasteiger partial charge in [-0.25, -0.2) is 5.84 Å². The van der Waals surface area contributed by atoms with Gasteiger partial charge in [0.25, 0.3) is 5.91 Å². The molecule has 7 nitrogen and oxygen atoms in total. The number of amides is 1. The first-order valence-corrected chi connectivity index (χ1v) is 12.5. The van der Waals surface area contributed by atoms with E-state index in [1.165, 1.54) is 11.1 Å². The van der Waals surface area contributed by atoms with Crippen molar-refractivity contribution >= 4 is 34.5 Å². The molecule has 1 aliphatic rings. The minimum atomic E-state index is -4.66. The second kappa shape index (κ2) is 10.8. The summed E-state index contributed by atoms with van der Waals surface area (Å²) in [6.45, 7) is 7.59. The van der Waals surface area contributed by atoms with Crippen LogP contribution in [0.25, 0.3) is 5.57 Å². The Balaban J connectivity index is 1.60. The quantitative estimate of drug-likeness (QED) is 0.284. The highest BCUT2D eigenvalue weighted by atomic mass is 35.5. The number of nitrogens with zero attached hydrogens (tertiary/aromatic N) is 4. The van der Waals surface area contributed by atoms with Crippen LogP contribution in [0.15, 0.2) is 42.7 Å². The SMILES string of the molecule is C/C(=C\N(N)c1cc(C(=O)Nc2cc(CN3CCC3)c(Cl)c(C(F)(F)F)c2)ccc1C)c1cnn(C)c1C. The van der Waals surface area contributed by atoms with Crippen LogP contribution in [-0.4, -0.2) is 33.7 Å². The standard InChI is InChI=1S/C27H30ClF3N6O/c1-16-6-7-19(11-24(16)37(32)14-17(2)22-13-33-35(4)18(22)3)26(38)34-21-10-20(15-36-8-5-9-36)25(28)23(12-21)27(29,30)31/h6-7,10-14H,5,8-9,15,32H2,1-4H3,(H,34,38)/b17-14+. The van der Waals surface area contributed by atoms with Crippen molar-refractivity contribution in [2.45, 2.75) is 39.9 Å². The van der Waals surface area contributed by atoms with Crippen molar-refractivity contribution in [3.63, 3.8) is 0 Å². The predicted octanol–water partition coefficient (Wildman–Crippen LogP) is 5.91. The molecule has 1 aromatic heterocycles. The number of hydrazine groups is 1. The van der Waals surface area contributed by atoms with E-state index in [4.69, 9.17) is 17.4 Å². The predicted molar refractivity (Wildman–Crippen MR) is 144 cm³/mol. The van der Waals surface area contributed by atoms with E-state index in [0.717, 1.165) is 48.0 Å². The highest BCUT2D eigenvalue weighted by molar-refractivity contribution is 6.32. The number of alkyl halides is 3. The molecule has 202 valence electrons. The molecular weight excluding hydrogens is 517 g/mol. The summed E-state index contributed by atoms with van der Waals surface area (Å²) < 4.78 is 42.9. The van der Waals surface area contributed by atoms with Gasteiger partial charge in [-0.15, -0.1) is 0 Å². The van der Waals surface area contributed by atoms with Gasteiger partial charge in [0.1, 0.15) is 0 Å². The Labute approximate surface area is 224 Å². The van der Waals surface area contributed by atoms with Crippen LogP contribution in [0.1, 0.15) is 51.7 Å². The van der Waals surface area contributed by atoms with Gasteiger partial charge in [-0.1, -0.05) is 17.7 Å². The molecule has 4 rings (SSSR count). The van der Waals surface area contributed by atoms with Crippen molar-refractivity contribution in [1.29, 1.82) is 0 Å². The fraction of sp³-hybridized carbons (Fsp3) is 0.333. The summed E-state index contributed by atoms with van der Waals surface area (Å²) in [7, 11) is 1.85. The fourth-order valence-corrected chi connectivity index (χ4v) is 4.60. The van der Waals surface area contributed by atoms with Crippen molar-refractivity contribution in [3.8, 4) is 0 Å². The maximum absolute atomic E-state index is 13.7. The smallest absolute Gasteiger partial charge is 0.322 e. The molecule has 11 heteroatoms. The van der Waals surface area contributed by atoms with E-state index in [9.17, 15) is 18.0 Å². The minimum absolute atomic E-state index is 0.0248. The fourth-order valence-electron chi connectivity index (χ4n) is 4.32. The number of rotatable bonds is 7. The van der Waals surface area contributed by atoms with Gasteiger partial charge >= 0.3 is 6.18 Å². The van der Waals surface area contributed by atoms with E-state index in [1.807, 2.05) is 32.7 Å². The van der Waals surface area contributed by atoms with Crippen LogP contribution in [-0.2, 0) is 19.8 Å². The van der Waals surface area contributed by atoms with Crippen molar-refractivity contribution in [2.24, 2.45) is 12.9 Å². The van der Waals surface area contributed by atoms with Crippen LogP contribution in [0.4, 0.5) is 24.5 Å². The van der Waals surface area contributed by atoms with Crippen LogP contribution in [0.3, 0.4) is 0 Å². The first-order valence-electron chi connectivity index (χ1n) is 12.1. The lowest BCUT2D eigenvalue weighted by Crippen LogP contribution is -2.36. The topological polar surface area (TPSA) is 79.4 Å². The molecule has 0 unspecified atom stereocenters. The van der Waals surface area contributed by atoms with Gasteiger partial charge in [0, 0.05) is 42.3 Å². The lowest BCUT2D eigenvalue weighted by molar-refractivity contribution is -0.137. The molecule has 38 heavy (non-hydrogen) atoms. The molecular formula is C27H30ClF3N6O. The molecule has 0 spiro atoms. The van der Waals surface area contributed by atoms with Gasteiger partial charge in [-0.05, 0) is 81.2 Å². The Morgan fingerprint density at radius 1 is 1.24 bits per heavy atom. The molecule has 1 saturated heterocycles. The van der Waals surface area contributed by atoms with Crippen LogP contribution < -0.4 is 16.2 Å². The number of anilines is 2. The molecule has 1 amide bonds. The summed E-state index contributed by atoms with van der Waals surface area (Å²) in [6.07, 6.45) is -0.172. The van der Waals surface area contributed by atoms with E-state index in [2.05, 4.69) is 10.4 Å². The second-order valence-electron chi connectivity index (χ2n) is 9.57. The summed E-state index contributed by atoms with van der Waals surface area (Å²) in [4.78, 5) is 15.1. The molecule has 1 fully saturated rings. The van der Waals surface area contributed by atoms with Gasteiger partial charge in [0.2, 0.25) is 0 Å². The van der Waals surface area contributed by atoms with Gasteiger partial charge in [0.15, 0.2) is 0 Å². The van der Waals surface area contributed by atoms with Crippen molar-refractivity contribution in [2.75, 3.05) is 23.4 Å². The number of carbonyl (C=O) groups is 1. The Hall–Kier alpha value is -3.34. The number of aromatic nitrogens is 2. The maximum Gasteiger partial charge on any atom is 0.417 e. The number of halogens is 4. The normalized spacial score (nSPS) is 14.4. The minimum Gasteiger partial charge on any atom is -0.322 e. The summed E-state index contributed by atoms with van der Waals surface area (Å²) >= 11 is 6.12. The zero-order valence-corrected chi connectivity index (χ0v) is 22.4. The van der Waals surface area contributed by atoms with E-state index >= 15 is 0 Å². The second-order valence-corrected chi connectivity index (χ2v) is 9.94. The van der Waals surface area contributed by atoms with E-state index in [-0.39, 0.29) is 22.8 Å². The van der Waals surface area contributed by atoms with Crippen molar-refractivity contribution in [1.82, 2.24) is 14.7 Å². The summed E-state index contributed by atoms with van der Waals surface area (Å²) in [6, 6.07) is 7.31. The first-order chi connectivity index (χ1) is 17.8. The van der Waals surface area contributed by atoms with Crippen molar-refractivity contribution in [3.05, 3.63) is 81.3 Å². The van der Waals surface area contributed by atoms with Crippen LogP contribution in [0.2, 0.25) is 5.02 Å². The van der Waals surface area contributed by atoms with Gasteiger partial charge in [-0.2, -0.15) is 18.3 Å². The molecule has 3 aromatic rings. The number of hydrogen-bond acceptors (Lipinski definition) is 5. The monoisotopic (exact) mass is 546 g/mol. The lowest BCUT2D eigenvalue weighted by atomic mass is 10.1. The number of likely N-dealkylation sites (tertiary alicyclic amines) is 1. The lowest BCUT2D eigenvalue weighted by Gasteiger charge is -2.31. The zero-order chi connectivity index (χ0) is 27.8. The van der Waals surface area contributed by atoms with Crippen molar-refractivity contribution < 1.29 is 18.0 Å². The molecule has 2 aromatic carbocycles. The average molecular weight is 547 g/mol. The Kier molecular flexibility index (Phi) is 7.87. The summed E-state index contributed by atoms with van der Waals surface area (Å²) in [5.74, 6) is 5.77. The number of allylic oxidation sites excluding steroid dienone is 1. The van der Waals surface area contributed by atoms with Crippen LogP contribution in [0.5, 0.6) is 0 Å².